The Kier molecular flexibility index (Phi) is 6.46. The molecule has 1 aromatic rings. The molecule has 0 radical (unpaired) electrons. The van der Waals surface area contributed by atoms with Crippen molar-refractivity contribution in [1.29, 1.82) is 0 Å². The number of anilines is 1. The molecule has 0 unspecified atom stereocenters. The molecule has 2 amide bonds. The van der Waals surface area contributed by atoms with Crippen LogP contribution < -0.4 is 10.2 Å². The van der Waals surface area contributed by atoms with Crippen molar-refractivity contribution in [3.05, 3.63) is 29.8 Å². The Balaban J connectivity index is 1.82. The minimum atomic E-state index is -0.896. The predicted octanol–water partition coefficient (Wildman–Crippen LogP) is 2.81. The Morgan fingerprint density at radius 3 is 2.59 bits per heavy atom. The number of carbonyl (C=O) groups is 3. The van der Waals surface area contributed by atoms with Crippen LogP contribution in [0.4, 0.5) is 10.5 Å². The fourth-order valence-corrected chi connectivity index (χ4v) is 2.98. The van der Waals surface area contributed by atoms with Crippen molar-refractivity contribution >= 4 is 23.7 Å². The van der Waals surface area contributed by atoms with E-state index >= 15 is 0 Å². The average molecular weight is 376 g/mol. The van der Waals surface area contributed by atoms with Gasteiger partial charge in [-0.2, -0.15) is 0 Å². The molecule has 0 aromatic heterocycles. The van der Waals surface area contributed by atoms with E-state index in [0.29, 0.717) is 0 Å². The smallest absolute Gasteiger partial charge is 0.407 e. The van der Waals surface area contributed by atoms with Gasteiger partial charge in [-0.05, 0) is 52.7 Å². The summed E-state index contributed by atoms with van der Waals surface area (Å²) in [4.78, 5) is 38.0. The number of nitrogens with zero attached hydrogens (tertiary/aromatic N) is 1. The quantitative estimate of drug-likeness (QED) is 0.799. The Hall–Kier alpha value is -2.57. The number of hydrogen-bond donors (Lipinski definition) is 1. The summed E-state index contributed by atoms with van der Waals surface area (Å²) in [5, 5.41) is 2.49. The second-order valence-electron chi connectivity index (χ2n) is 7.70. The molecule has 0 saturated heterocycles. The lowest BCUT2D eigenvalue weighted by molar-refractivity contribution is -0.153. The third-order valence-electron chi connectivity index (χ3n) is 4.10. The number of fused-ring (bicyclic) bond motifs is 1. The molecule has 1 heterocycles. The van der Waals surface area contributed by atoms with Gasteiger partial charge in [0.15, 0.2) is 6.10 Å². The van der Waals surface area contributed by atoms with Gasteiger partial charge in [0.1, 0.15) is 5.60 Å². The zero-order chi connectivity index (χ0) is 20.2. The number of benzene rings is 1. The average Bonchev–Trinajstić information content (AvgIpc) is 2.88. The Bertz CT molecular complexity index is 711. The van der Waals surface area contributed by atoms with E-state index in [1.54, 1.807) is 32.6 Å². The van der Waals surface area contributed by atoms with Crippen LogP contribution in [0.5, 0.6) is 0 Å². The van der Waals surface area contributed by atoms with E-state index < -0.39 is 23.8 Å². The normalized spacial score (nSPS) is 17.1. The standard InChI is InChI=1S/C20H28N2O5/c1-13-12-15-8-6-7-9-16(15)22(13)18(24)14(2)26-17(23)10-11-21-19(25)27-20(3,4)5/h6-9,13-14H,10-12H2,1-5H3,(H,21,25)/t13-,14+/m1/s1. The number of carbonyl (C=O) groups excluding carboxylic acids is 3. The maximum Gasteiger partial charge on any atom is 0.407 e. The molecular formula is C20H28N2O5. The van der Waals surface area contributed by atoms with Crippen LogP contribution in [0.3, 0.4) is 0 Å². The van der Waals surface area contributed by atoms with Gasteiger partial charge in [-0.3, -0.25) is 9.59 Å². The minimum absolute atomic E-state index is 0.0184. The largest absolute Gasteiger partial charge is 0.452 e. The monoisotopic (exact) mass is 376 g/mol. The third-order valence-corrected chi connectivity index (χ3v) is 4.10. The number of esters is 1. The van der Waals surface area contributed by atoms with Gasteiger partial charge in [0.2, 0.25) is 0 Å². The van der Waals surface area contributed by atoms with E-state index in [9.17, 15) is 14.4 Å². The Morgan fingerprint density at radius 2 is 1.93 bits per heavy atom. The maximum absolute atomic E-state index is 12.8. The van der Waals surface area contributed by atoms with Crippen LogP contribution in [-0.4, -0.2) is 42.3 Å². The number of hydrogen-bond acceptors (Lipinski definition) is 5. The first-order valence-corrected chi connectivity index (χ1v) is 9.16. The molecule has 2 atom stereocenters. The lowest BCUT2D eigenvalue weighted by atomic mass is 10.1. The highest BCUT2D eigenvalue weighted by Crippen LogP contribution is 2.32. The van der Waals surface area contributed by atoms with E-state index in [-0.39, 0.29) is 24.9 Å². The van der Waals surface area contributed by atoms with E-state index in [4.69, 9.17) is 9.47 Å². The lowest BCUT2D eigenvalue weighted by Crippen LogP contribution is -2.43. The zero-order valence-corrected chi connectivity index (χ0v) is 16.6. The van der Waals surface area contributed by atoms with E-state index in [1.165, 1.54) is 0 Å². The molecule has 7 heteroatoms. The van der Waals surface area contributed by atoms with Crippen LogP contribution in [0.1, 0.15) is 46.6 Å². The first-order chi connectivity index (χ1) is 12.6. The number of nitrogens with one attached hydrogen (secondary N) is 1. The highest BCUT2D eigenvalue weighted by molar-refractivity contribution is 5.99. The van der Waals surface area contributed by atoms with Crippen LogP contribution in [-0.2, 0) is 25.5 Å². The van der Waals surface area contributed by atoms with Gasteiger partial charge in [-0.1, -0.05) is 18.2 Å². The van der Waals surface area contributed by atoms with Crippen molar-refractivity contribution in [2.45, 2.75) is 65.2 Å². The molecule has 0 fully saturated rings. The van der Waals surface area contributed by atoms with E-state index in [2.05, 4.69) is 5.32 Å². The summed E-state index contributed by atoms with van der Waals surface area (Å²) < 4.78 is 10.3. The van der Waals surface area contributed by atoms with Crippen LogP contribution >= 0.6 is 0 Å². The second kappa shape index (κ2) is 8.41. The molecule has 0 saturated carbocycles. The number of amides is 2. The topological polar surface area (TPSA) is 84.9 Å². The van der Waals surface area contributed by atoms with Gasteiger partial charge in [-0.25, -0.2) is 4.79 Å². The second-order valence-corrected chi connectivity index (χ2v) is 7.70. The van der Waals surface area contributed by atoms with Gasteiger partial charge in [0.25, 0.3) is 5.91 Å². The minimum Gasteiger partial charge on any atom is -0.452 e. The van der Waals surface area contributed by atoms with Crippen molar-refractivity contribution in [2.75, 3.05) is 11.4 Å². The summed E-state index contributed by atoms with van der Waals surface area (Å²) in [6, 6.07) is 7.75. The van der Waals surface area contributed by atoms with Crippen LogP contribution in [0.25, 0.3) is 0 Å². The molecule has 2 rings (SSSR count). The Morgan fingerprint density at radius 1 is 1.26 bits per heavy atom. The SMILES string of the molecule is C[C@H](OC(=O)CCNC(=O)OC(C)(C)C)C(=O)N1c2ccccc2C[C@H]1C. The number of ether oxygens (including phenoxy) is 2. The molecule has 1 aromatic carbocycles. The van der Waals surface area contributed by atoms with Crippen molar-refractivity contribution in [3.8, 4) is 0 Å². The molecule has 7 nitrogen and oxygen atoms in total. The van der Waals surface area contributed by atoms with Gasteiger partial charge < -0.3 is 19.7 Å². The summed E-state index contributed by atoms with van der Waals surface area (Å²) in [7, 11) is 0. The summed E-state index contributed by atoms with van der Waals surface area (Å²) >= 11 is 0. The summed E-state index contributed by atoms with van der Waals surface area (Å²) in [6.07, 6.45) is -0.750. The highest BCUT2D eigenvalue weighted by atomic mass is 16.6. The van der Waals surface area contributed by atoms with Crippen molar-refractivity contribution in [2.24, 2.45) is 0 Å². The van der Waals surface area contributed by atoms with Crippen LogP contribution in [0.15, 0.2) is 24.3 Å². The molecule has 0 bridgehead atoms. The molecule has 0 aliphatic carbocycles. The molecular weight excluding hydrogens is 348 g/mol. The van der Waals surface area contributed by atoms with Crippen LogP contribution in [0.2, 0.25) is 0 Å². The molecule has 1 aliphatic rings. The zero-order valence-electron chi connectivity index (χ0n) is 16.6. The molecule has 0 spiro atoms. The van der Waals surface area contributed by atoms with E-state index in [0.717, 1.165) is 17.7 Å². The highest BCUT2D eigenvalue weighted by Gasteiger charge is 2.34. The fraction of sp³-hybridized carbons (Fsp3) is 0.550. The summed E-state index contributed by atoms with van der Waals surface area (Å²) in [6.45, 7) is 8.88. The number of rotatable bonds is 5. The third kappa shape index (κ3) is 5.70. The molecule has 148 valence electrons. The van der Waals surface area contributed by atoms with Crippen molar-refractivity contribution < 1.29 is 23.9 Å². The molecule has 1 aliphatic heterocycles. The van der Waals surface area contributed by atoms with Gasteiger partial charge in [0.05, 0.1) is 6.42 Å². The van der Waals surface area contributed by atoms with E-state index in [1.807, 2.05) is 31.2 Å². The maximum atomic E-state index is 12.8. The van der Waals surface area contributed by atoms with Gasteiger partial charge in [0, 0.05) is 18.3 Å². The lowest BCUT2D eigenvalue weighted by Gasteiger charge is -2.26. The first kappa shape index (κ1) is 20.7. The van der Waals surface area contributed by atoms with Gasteiger partial charge in [-0.15, -0.1) is 0 Å². The van der Waals surface area contributed by atoms with Crippen LogP contribution in [0, 0.1) is 0 Å². The molecule has 27 heavy (non-hydrogen) atoms. The van der Waals surface area contributed by atoms with Crippen molar-refractivity contribution in [3.63, 3.8) is 0 Å². The van der Waals surface area contributed by atoms with Gasteiger partial charge >= 0.3 is 12.1 Å². The summed E-state index contributed by atoms with van der Waals surface area (Å²) in [5.41, 5.74) is 1.37. The summed E-state index contributed by atoms with van der Waals surface area (Å²) in [5.74, 6) is -0.798. The van der Waals surface area contributed by atoms with Crippen molar-refractivity contribution in [1.82, 2.24) is 5.32 Å². The Labute approximate surface area is 160 Å². The first-order valence-electron chi connectivity index (χ1n) is 9.16. The predicted molar refractivity (Wildman–Crippen MR) is 102 cm³/mol. The number of alkyl carbamates (subject to hydrolysis) is 1. The number of para-hydroxylation sites is 1. The fourth-order valence-electron chi connectivity index (χ4n) is 2.98. The molecule has 1 N–H and O–H groups in total.